The summed E-state index contributed by atoms with van der Waals surface area (Å²) < 4.78 is 13.3. The Bertz CT molecular complexity index is 786. The van der Waals surface area contributed by atoms with Crippen molar-refractivity contribution in [1.82, 2.24) is 0 Å². The third-order valence-corrected chi connectivity index (χ3v) is 3.98. The fourth-order valence-electron chi connectivity index (χ4n) is 2.46. The topological polar surface area (TPSA) is 50.7 Å². The molecule has 0 saturated heterocycles. The van der Waals surface area contributed by atoms with Crippen LogP contribution in [0.4, 0.5) is 10.1 Å². The van der Waals surface area contributed by atoms with E-state index in [0.717, 1.165) is 16.8 Å². The Hall–Kier alpha value is -2.69. The third-order valence-electron chi connectivity index (χ3n) is 3.98. The minimum Gasteiger partial charge on any atom is -0.382 e. The van der Waals surface area contributed by atoms with Gasteiger partial charge in [-0.2, -0.15) is 0 Å². The number of amides is 1. The second kappa shape index (κ2) is 6.20. The Morgan fingerprint density at radius 1 is 1.26 bits per heavy atom. The number of rotatable bonds is 3. The fraction of sp³-hybridized carbons (Fsp3) is 0.222. The minimum absolute atomic E-state index is 0.256. The summed E-state index contributed by atoms with van der Waals surface area (Å²) in [5, 5.41) is 6.79. The first-order valence-electron chi connectivity index (χ1n) is 7.40. The molecule has 0 spiro atoms. The van der Waals surface area contributed by atoms with E-state index < -0.39 is 6.10 Å². The molecule has 1 atom stereocenters. The predicted molar refractivity (Wildman–Crippen MR) is 87.0 cm³/mol. The zero-order valence-electron chi connectivity index (χ0n) is 13.0. The third kappa shape index (κ3) is 3.23. The van der Waals surface area contributed by atoms with E-state index in [0.29, 0.717) is 17.7 Å². The minimum atomic E-state index is -0.701. The highest BCUT2D eigenvalue weighted by Crippen LogP contribution is 2.21. The molecule has 0 bridgehead atoms. The number of carbonyl (C=O) groups excluding carboxylic acids is 1. The molecular formula is C18H17FN2O2. The summed E-state index contributed by atoms with van der Waals surface area (Å²) in [6, 6.07) is 11.8. The van der Waals surface area contributed by atoms with E-state index in [9.17, 15) is 9.18 Å². The van der Waals surface area contributed by atoms with Gasteiger partial charge in [0.05, 0.1) is 5.71 Å². The van der Waals surface area contributed by atoms with Crippen LogP contribution in [-0.4, -0.2) is 17.7 Å². The summed E-state index contributed by atoms with van der Waals surface area (Å²) in [6.07, 6.45) is -0.381. The highest BCUT2D eigenvalue weighted by molar-refractivity contribution is 6.06. The fourth-order valence-corrected chi connectivity index (χ4v) is 2.46. The maximum absolute atomic E-state index is 13.3. The SMILES string of the molecule is Cc1cccc(NC(=O)C2CC(c3cccc(F)c3)=NO2)c1C. The molecule has 1 aliphatic rings. The quantitative estimate of drug-likeness (QED) is 0.942. The number of halogens is 1. The molecule has 0 fully saturated rings. The number of hydrogen-bond donors (Lipinski definition) is 1. The van der Waals surface area contributed by atoms with E-state index in [1.54, 1.807) is 12.1 Å². The zero-order valence-corrected chi connectivity index (χ0v) is 13.0. The molecule has 1 amide bonds. The number of anilines is 1. The van der Waals surface area contributed by atoms with Gasteiger partial charge in [0.15, 0.2) is 0 Å². The molecule has 5 heteroatoms. The van der Waals surface area contributed by atoms with E-state index in [2.05, 4.69) is 10.5 Å². The maximum Gasteiger partial charge on any atom is 0.268 e. The lowest BCUT2D eigenvalue weighted by molar-refractivity contribution is -0.125. The van der Waals surface area contributed by atoms with Crippen LogP contribution in [0.25, 0.3) is 0 Å². The van der Waals surface area contributed by atoms with Crippen LogP contribution >= 0.6 is 0 Å². The van der Waals surface area contributed by atoms with Crippen LogP contribution in [0.3, 0.4) is 0 Å². The van der Waals surface area contributed by atoms with Crippen molar-refractivity contribution in [3.8, 4) is 0 Å². The van der Waals surface area contributed by atoms with Gasteiger partial charge in [-0.15, -0.1) is 0 Å². The lowest BCUT2D eigenvalue weighted by Crippen LogP contribution is -2.28. The molecule has 0 aromatic heterocycles. The van der Waals surface area contributed by atoms with E-state index in [1.165, 1.54) is 12.1 Å². The number of carbonyl (C=O) groups is 1. The van der Waals surface area contributed by atoms with Crippen LogP contribution < -0.4 is 5.32 Å². The van der Waals surface area contributed by atoms with Gasteiger partial charge in [-0.05, 0) is 43.2 Å². The van der Waals surface area contributed by atoms with Crippen molar-refractivity contribution in [3.63, 3.8) is 0 Å². The largest absolute Gasteiger partial charge is 0.382 e. The molecule has 23 heavy (non-hydrogen) atoms. The normalized spacial score (nSPS) is 16.7. The Kier molecular flexibility index (Phi) is 4.10. The first-order chi connectivity index (χ1) is 11.0. The molecule has 1 heterocycles. The standard InChI is InChI=1S/C18H17FN2O2/c1-11-5-3-8-15(12(11)2)20-18(22)17-10-16(21-23-17)13-6-4-7-14(19)9-13/h3-9,17H,10H2,1-2H3,(H,20,22). The van der Waals surface area contributed by atoms with Crippen molar-refractivity contribution >= 4 is 17.3 Å². The van der Waals surface area contributed by atoms with Gasteiger partial charge in [-0.25, -0.2) is 4.39 Å². The van der Waals surface area contributed by atoms with Crippen molar-refractivity contribution in [2.45, 2.75) is 26.4 Å². The van der Waals surface area contributed by atoms with Crippen molar-refractivity contribution in [2.24, 2.45) is 5.16 Å². The van der Waals surface area contributed by atoms with Crippen molar-refractivity contribution in [3.05, 3.63) is 65.0 Å². The number of aryl methyl sites for hydroxylation is 1. The molecule has 2 aromatic rings. The van der Waals surface area contributed by atoms with Crippen molar-refractivity contribution in [1.29, 1.82) is 0 Å². The monoisotopic (exact) mass is 312 g/mol. The smallest absolute Gasteiger partial charge is 0.268 e. The van der Waals surface area contributed by atoms with Crippen molar-refractivity contribution in [2.75, 3.05) is 5.32 Å². The molecule has 0 saturated carbocycles. The molecule has 118 valence electrons. The van der Waals surface area contributed by atoms with Crippen LogP contribution in [0.15, 0.2) is 47.6 Å². The number of nitrogens with one attached hydrogen (secondary N) is 1. The molecular weight excluding hydrogens is 295 g/mol. The lowest BCUT2D eigenvalue weighted by Gasteiger charge is -2.12. The highest BCUT2D eigenvalue weighted by atomic mass is 19.1. The van der Waals surface area contributed by atoms with Gasteiger partial charge in [0, 0.05) is 17.7 Å². The molecule has 1 N–H and O–H groups in total. The maximum atomic E-state index is 13.3. The summed E-state index contributed by atoms with van der Waals surface area (Å²) in [6.45, 7) is 3.94. The number of benzene rings is 2. The average molecular weight is 312 g/mol. The van der Waals surface area contributed by atoms with E-state index >= 15 is 0 Å². The van der Waals surface area contributed by atoms with Gasteiger partial charge in [0.2, 0.25) is 6.10 Å². The summed E-state index contributed by atoms with van der Waals surface area (Å²) in [7, 11) is 0. The summed E-state index contributed by atoms with van der Waals surface area (Å²) in [4.78, 5) is 17.6. The Labute approximate surface area is 134 Å². The Morgan fingerprint density at radius 2 is 2.04 bits per heavy atom. The van der Waals surface area contributed by atoms with E-state index in [4.69, 9.17) is 4.84 Å². The van der Waals surface area contributed by atoms with Crippen molar-refractivity contribution < 1.29 is 14.0 Å². The van der Waals surface area contributed by atoms with Crippen LogP contribution in [-0.2, 0) is 9.63 Å². The number of oxime groups is 1. The first-order valence-corrected chi connectivity index (χ1v) is 7.40. The second-order valence-corrected chi connectivity index (χ2v) is 5.58. The molecule has 4 nitrogen and oxygen atoms in total. The van der Waals surface area contributed by atoms with Crippen LogP contribution in [0.2, 0.25) is 0 Å². The summed E-state index contributed by atoms with van der Waals surface area (Å²) in [5.74, 6) is -0.595. The Morgan fingerprint density at radius 3 is 2.83 bits per heavy atom. The van der Waals surface area contributed by atoms with Crippen LogP contribution in [0, 0.1) is 19.7 Å². The summed E-state index contributed by atoms with van der Waals surface area (Å²) >= 11 is 0. The molecule has 1 aliphatic heterocycles. The summed E-state index contributed by atoms with van der Waals surface area (Å²) in [5.41, 5.74) is 4.09. The average Bonchev–Trinajstić information content (AvgIpc) is 3.02. The van der Waals surface area contributed by atoms with Gasteiger partial charge in [-0.1, -0.05) is 29.4 Å². The second-order valence-electron chi connectivity index (χ2n) is 5.58. The molecule has 1 unspecified atom stereocenters. The van der Waals surface area contributed by atoms with Crippen LogP contribution in [0.5, 0.6) is 0 Å². The van der Waals surface area contributed by atoms with Gasteiger partial charge in [0.1, 0.15) is 5.82 Å². The van der Waals surface area contributed by atoms with E-state index in [1.807, 2.05) is 32.0 Å². The first kappa shape index (κ1) is 15.2. The highest BCUT2D eigenvalue weighted by Gasteiger charge is 2.29. The molecule has 0 radical (unpaired) electrons. The van der Waals surface area contributed by atoms with Gasteiger partial charge in [-0.3, -0.25) is 4.79 Å². The van der Waals surface area contributed by atoms with Gasteiger partial charge in [0.25, 0.3) is 5.91 Å². The Balaban J connectivity index is 1.68. The van der Waals surface area contributed by atoms with Gasteiger partial charge >= 0.3 is 0 Å². The van der Waals surface area contributed by atoms with Gasteiger partial charge < -0.3 is 10.2 Å². The van der Waals surface area contributed by atoms with E-state index in [-0.39, 0.29) is 11.7 Å². The molecule has 0 aliphatic carbocycles. The number of hydrogen-bond acceptors (Lipinski definition) is 3. The lowest BCUT2D eigenvalue weighted by atomic mass is 10.0. The predicted octanol–water partition coefficient (Wildman–Crippen LogP) is 3.57. The zero-order chi connectivity index (χ0) is 16.4. The molecule has 2 aromatic carbocycles. The number of nitrogens with zero attached hydrogens (tertiary/aromatic N) is 1. The van der Waals surface area contributed by atoms with Crippen LogP contribution in [0.1, 0.15) is 23.1 Å². The molecule has 3 rings (SSSR count).